The molecule has 3 rings (SSSR count). The first kappa shape index (κ1) is 6.47. The molecule has 11 heavy (non-hydrogen) atoms. The Bertz CT molecular complexity index is 173. The van der Waals surface area contributed by atoms with E-state index >= 15 is 0 Å². The summed E-state index contributed by atoms with van der Waals surface area (Å²) in [6.07, 6.45) is 7.38. The Morgan fingerprint density at radius 3 is 2.36 bits per heavy atom. The van der Waals surface area contributed by atoms with Gasteiger partial charge in [0.2, 0.25) is 0 Å². The number of hydrogen-bond acceptors (Lipinski definition) is 1. The Balaban J connectivity index is 1.94. The molecule has 0 aliphatic heterocycles. The van der Waals surface area contributed by atoms with Crippen LogP contribution < -0.4 is 5.73 Å². The van der Waals surface area contributed by atoms with Gasteiger partial charge in [0.1, 0.15) is 0 Å². The molecule has 3 bridgehead atoms. The molecule has 5 atom stereocenters. The van der Waals surface area contributed by atoms with Crippen molar-refractivity contribution in [1.29, 1.82) is 0 Å². The van der Waals surface area contributed by atoms with Gasteiger partial charge in [0.05, 0.1) is 0 Å². The highest BCUT2D eigenvalue weighted by Crippen LogP contribution is 2.54. The van der Waals surface area contributed by atoms with Crippen LogP contribution in [0.25, 0.3) is 0 Å². The van der Waals surface area contributed by atoms with Crippen molar-refractivity contribution in [3.05, 3.63) is 0 Å². The van der Waals surface area contributed by atoms with Crippen LogP contribution in [0.3, 0.4) is 0 Å². The van der Waals surface area contributed by atoms with Crippen LogP contribution >= 0.6 is 0 Å². The summed E-state index contributed by atoms with van der Waals surface area (Å²) in [7, 11) is 0. The number of nitrogens with two attached hydrogens (primary N) is 1. The molecule has 1 heteroatoms. The lowest BCUT2D eigenvalue weighted by Crippen LogP contribution is -2.39. The first-order valence-corrected chi connectivity index (χ1v) is 5.08. The molecule has 1 nitrogen and oxygen atoms in total. The van der Waals surface area contributed by atoms with E-state index in [1.807, 2.05) is 0 Å². The standard InChI is InChI=1S/C10H17N/c11-10-5-7-1-6-2-8(3-7)9(10)4-6/h6-10H,1-5,11H2/t6-,7-,8-,9-,10-/m0/s1. The van der Waals surface area contributed by atoms with Gasteiger partial charge < -0.3 is 5.73 Å². The fourth-order valence-electron chi connectivity index (χ4n) is 4.01. The summed E-state index contributed by atoms with van der Waals surface area (Å²) >= 11 is 0. The molecule has 3 saturated carbocycles. The van der Waals surface area contributed by atoms with Gasteiger partial charge in [0, 0.05) is 6.04 Å². The van der Waals surface area contributed by atoms with Crippen LogP contribution in [0.5, 0.6) is 0 Å². The van der Waals surface area contributed by atoms with Crippen LogP contribution in [0.15, 0.2) is 0 Å². The molecular weight excluding hydrogens is 134 g/mol. The van der Waals surface area contributed by atoms with Crippen LogP contribution in [0.2, 0.25) is 0 Å². The average Bonchev–Trinajstić information content (AvgIpc) is 2.19. The summed E-state index contributed by atoms with van der Waals surface area (Å²) in [5.41, 5.74) is 6.14. The smallest absolute Gasteiger partial charge is 0.00725 e. The predicted octanol–water partition coefficient (Wildman–Crippen LogP) is 1.77. The van der Waals surface area contributed by atoms with Crippen molar-refractivity contribution in [1.82, 2.24) is 0 Å². The van der Waals surface area contributed by atoms with Crippen LogP contribution in [-0.4, -0.2) is 6.04 Å². The topological polar surface area (TPSA) is 26.0 Å². The third kappa shape index (κ3) is 0.807. The van der Waals surface area contributed by atoms with Crippen molar-refractivity contribution in [2.45, 2.75) is 38.1 Å². The van der Waals surface area contributed by atoms with Crippen LogP contribution in [0.1, 0.15) is 32.1 Å². The third-order valence-electron chi connectivity index (χ3n) is 4.31. The maximum absolute atomic E-state index is 6.14. The monoisotopic (exact) mass is 151 g/mol. The van der Waals surface area contributed by atoms with E-state index in [1.54, 1.807) is 0 Å². The quantitative estimate of drug-likeness (QED) is 0.561. The lowest BCUT2D eigenvalue weighted by Gasteiger charge is -2.37. The van der Waals surface area contributed by atoms with Gasteiger partial charge in [-0.1, -0.05) is 0 Å². The molecule has 62 valence electrons. The molecule has 0 aromatic carbocycles. The van der Waals surface area contributed by atoms with Gasteiger partial charge in [0.25, 0.3) is 0 Å². The summed E-state index contributed by atoms with van der Waals surface area (Å²) < 4.78 is 0. The number of rotatable bonds is 0. The first-order valence-electron chi connectivity index (χ1n) is 5.08. The van der Waals surface area contributed by atoms with Crippen LogP contribution in [0, 0.1) is 23.7 Å². The highest BCUT2D eigenvalue weighted by molar-refractivity contribution is 5.00. The molecule has 0 radical (unpaired) electrons. The Hall–Kier alpha value is -0.0400. The van der Waals surface area contributed by atoms with Gasteiger partial charge in [-0.25, -0.2) is 0 Å². The van der Waals surface area contributed by atoms with Gasteiger partial charge in [-0.3, -0.25) is 0 Å². The fraction of sp³-hybridized carbons (Fsp3) is 1.00. The van der Waals surface area contributed by atoms with Crippen molar-refractivity contribution >= 4 is 0 Å². The minimum atomic E-state index is 0.575. The lowest BCUT2D eigenvalue weighted by molar-refractivity contribution is 0.156. The zero-order valence-electron chi connectivity index (χ0n) is 7.00. The largest absolute Gasteiger partial charge is 0.327 e. The molecular formula is C10H17N. The molecule has 0 aromatic heterocycles. The van der Waals surface area contributed by atoms with Crippen molar-refractivity contribution in [2.24, 2.45) is 29.4 Å². The molecule has 0 spiro atoms. The molecule has 0 amide bonds. The zero-order chi connectivity index (χ0) is 7.42. The first-order chi connectivity index (χ1) is 5.33. The molecule has 3 aliphatic rings. The Kier molecular flexibility index (Phi) is 1.18. The minimum absolute atomic E-state index is 0.575. The van der Waals surface area contributed by atoms with Crippen LogP contribution in [-0.2, 0) is 0 Å². The third-order valence-corrected chi connectivity index (χ3v) is 4.31. The molecule has 0 saturated heterocycles. The number of hydrogen-bond donors (Lipinski definition) is 1. The maximum atomic E-state index is 6.14. The Morgan fingerprint density at radius 2 is 1.55 bits per heavy atom. The zero-order valence-corrected chi connectivity index (χ0v) is 7.00. The molecule has 3 aliphatic carbocycles. The highest BCUT2D eigenvalue weighted by atomic mass is 14.7. The summed E-state index contributed by atoms with van der Waals surface area (Å²) in [5, 5.41) is 0. The molecule has 0 aromatic rings. The van der Waals surface area contributed by atoms with Gasteiger partial charge in [-0.15, -0.1) is 0 Å². The summed E-state index contributed by atoms with van der Waals surface area (Å²) in [6.45, 7) is 0. The van der Waals surface area contributed by atoms with Crippen molar-refractivity contribution in [2.75, 3.05) is 0 Å². The second-order valence-corrected chi connectivity index (χ2v) is 5.00. The van der Waals surface area contributed by atoms with Crippen molar-refractivity contribution < 1.29 is 0 Å². The van der Waals surface area contributed by atoms with E-state index in [0.717, 1.165) is 23.7 Å². The van der Waals surface area contributed by atoms with E-state index in [2.05, 4.69) is 0 Å². The van der Waals surface area contributed by atoms with E-state index in [0.29, 0.717) is 6.04 Å². The highest BCUT2D eigenvalue weighted by Gasteiger charge is 2.47. The molecule has 3 fully saturated rings. The lowest BCUT2D eigenvalue weighted by atomic mass is 9.70. The second kappa shape index (κ2) is 2.01. The maximum Gasteiger partial charge on any atom is 0.00725 e. The summed E-state index contributed by atoms with van der Waals surface area (Å²) in [5.74, 6) is 4.08. The predicted molar refractivity (Wildman–Crippen MR) is 45.0 cm³/mol. The normalized spacial score (nSPS) is 60.3. The Labute approximate surface area is 68.3 Å². The van der Waals surface area contributed by atoms with E-state index < -0.39 is 0 Å². The molecule has 0 heterocycles. The van der Waals surface area contributed by atoms with Crippen LogP contribution in [0.4, 0.5) is 0 Å². The average molecular weight is 151 g/mol. The Morgan fingerprint density at radius 1 is 0.818 bits per heavy atom. The van der Waals surface area contributed by atoms with Gasteiger partial charge in [-0.2, -0.15) is 0 Å². The fourth-order valence-corrected chi connectivity index (χ4v) is 4.01. The molecule has 0 unspecified atom stereocenters. The summed E-state index contributed by atoms with van der Waals surface area (Å²) in [6, 6.07) is 0.575. The molecule has 2 N–H and O–H groups in total. The van der Waals surface area contributed by atoms with E-state index in [1.165, 1.54) is 32.1 Å². The second-order valence-electron chi connectivity index (χ2n) is 5.00. The van der Waals surface area contributed by atoms with E-state index in [9.17, 15) is 0 Å². The minimum Gasteiger partial charge on any atom is -0.327 e. The number of fused-ring (bicyclic) bond motifs is 2. The van der Waals surface area contributed by atoms with E-state index in [-0.39, 0.29) is 0 Å². The van der Waals surface area contributed by atoms with Gasteiger partial charge >= 0.3 is 0 Å². The van der Waals surface area contributed by atoms with E-state index in [4.69, 9.17) is 5.73 Å². The SMILES string of the molecule is N[C@H]1C[C@H]2C[C@H]3C[C@@H](C2)[C@@H]1C3. The van der Waals surface area contributed by atoms with Crippen molar-refractivity contribution in [3.63, 3.8) is 0 Å². The summed E-state index contributed by atoms with van der Waals surface area (Å²) in [4.78, 5) is 0. The van der Waals surface area contributed by atoms with Gasteiger partial charge in [0.15, 0.2) is 0 Å². The van der Waals surface area contributed by atoms with Gasteiger partial charge in [-0.05, 0) is 55.8 Å². The van der Waals surface area contributed by atoms with Crippen molar-refractivity contribution in [3.8, 4) is 0 Å².